The van der Waals surface area contributed by atoms with Crippen LogP contribution in [0.1, 0.15) is 48.4 Å². The van der Waals surface area contributed by atoms with Crippen LogP contribution in [-0.2, 0) is 26.1 Å². The van der Waals surface area contributed by atoms with E-state index in [0.717, 1.165) is 0 Å². The number of carbonyl (C=O) groups is 4. The molecule has 0 saturated carbocycles. The predicted octanol–water partition coefficient (Wildman–Crippen LogP) is 8.99. The van der Waals surface area contributed by atoms with E-state index in [-0.39, 0.29) is 84.6 Å². The van der Waals surface area contributed by atoms with Crippen LogP contribution in [0.5, 0.6) is 23.0 Å². The molecular formula is C40H34N4NiO8. The molecule has 13 heteroatoms. The molecule has 0 spiro atoms. The summed E-state index contributed by atoms with van der Waals surface area (Å²) in [6, 6.07) is 23.1. The minimum atomic E-state index is -0.832. The summed E-state index contributed by atoms with van der Waals surface area (Å²) in [5, 5.41) is 9.56. The largest absolute Gasteiger partial charge is 2.00 e. The van der Waals surface area contributed by atoms with Crippen LogP contribution < -0.4 is 18.9 Å². The number of carbonyl (C=O) groups excluding carboxylic acids is 4. The van der Waals surface area contributed by atoms with Crippen molar-refractivity contribution < 1.29 is 54.6 Å². The van der Waals surface area contributed by atoms with Gasteiger partial charge in [-0.05, 0) is 50.2 Å². The molecular weight excluding hydrogens is 723 g/mol. The fourth-order valence-corrected chi connectivity index (χ4v) is 5.45. The zero-order valence-electron chi connectivity index (χ0n) is 29.6. The van der Waals surface area contributed by atoms with E-state index in [9.17, 15) is 19.2 Å². The van der Waals surface area contributed by atoms with E-state index in [1.165, 1.54) is 26.4 Å². The van der Waals surface area contributed by atoms with Gasteiger partial charge in [0.25, 0.3) is 0 Å². The molecule has 0 aromatic heterocycles. The first-order chi connectivity index (χ1) is 25.1. The molecule has 0 unspecified atom stereocenters. The molecule has 0 fully saturated rings. The number of benzene rings is 4. The molecule has 5 rings (SSSR count). The maximum absolute atomic E-state index is 14.0. The molecule has 4 aromatic rings. The second-order valence-corrected chi connectivity index (χ2v) is 11.3. The van der Waals surface area contributed by atoms with E-state index in [0.29, 0.717) is 35.3 Å². The van der Waals surface area contributed by atoms with Gasteiger partial charge in [0.15, 0.2) is 35.6 Å². The maximum atomic E-state index is 14.0. The maximum Gasteiger partial charge on any atom is 2.00 e. The molecule has 0 bridgehead atoms. The average Bonchev–Trinajstić information content (AvgIpc) is 3.13. The number of para-hydroxylation sites is 6. The van der Waals surface area contributed by atoms with Gasteiger partial charge < -0.3 is 29.6 Å². The summed E-state index contributed by atoms with van der Waals surface area (Å²) in [6.07, 6.45) is 1.13. The summed E-state index contributed by atoms with van der Waals surface area (Å²) < 4.78 is 22.4. The van der Waals surface area contributed by atoms with Crippen molar-refractivity contribution in [1.29, 1.82) is 0 Å². The number of ether oxygens (including phenoxy) is 4. The van der Waals surface area contributed by atoms with E-state index < -0.39 is 11.9 Å². The molecule has 0 N–H and O–H groups in total. The molecule has 1 heterocycles. The molecule has 0 amide bonds. The van der Waals surface area contributed by atoms with E-state index in [4.69, 9.17) is 39.6 Å². The van der Waals surface area contributed by atoms with Gasteiger partial charge in [0.2, 0.25) is 0 Å². The third kappa shape index (κ3) is 8.77. The topological polar surface area (TPSA) is 158 Å². The van der Waals surface area contributed by atoms with Gasteiger partial charge in [-0.1, -0.05) is 62.4 Å². The van der Waals surface area contributed by atoms with Gasteiger partial charge in [-0.25, -0.2) is 9.59 Å². The Morgan fingerprint density at radius 2 is 0.943 bits per heavy atom. The minimum Gasteiger partial charge on any atom is -0.659 e. The van der Waals surface area contributed by atoms with Crippen LogP contribution in [0.25, 0.3) is 10.6 Å². The quantitative estimate of drug-likeness (QED) is 0.0746. The summed E-state index contributed by atoms with van der Waals surface area (Å²) in [4.78, 5) is 61.3. The zero-order valence-corrected chi connectivity index (χ0v) is 30.6. The number of fused-ring (bicyclic) bond motifs is 2. The number of nitrogens with zero attached hydrogens (tertiary/aromatic N) is 4. The van der Waals surface area contributed by atoms with Gasteiger partial charge in [-0.15, -0.1) is 22.8 Å². The van der Waals surface area contributed by atoms with Gasteiger partial charge in [0, 0.05) is 11.4 Å². The van der Waals surface area contributed by atoms with Gasteiger partial charge >= 0.3 is 28.4 Å². The van der Waals surface area contributed by atoms with Crippen molar-refractivity contribution in [2.45, 2.75) is 27.7 Å². The Bertz CT molecular complexity index is 2050. The zero-order chi connectivity index (χ0) is 37.4. The molecule has 0 saturated heterocycles. The van der Waals surface area contributed by atoms with Crippen LogP contribution in [-0.4, -0.2) is 50.2 Å². The first kappa shape index (κ1) is 39.5. The van der Waals surface area contributed by atoms with Gasteiger partial charge in [-0.3, -0.25) is 19.6 Å². The number of aldehydes is 2. The Kier molecular flexibility index (Phi) is 13.2. The fraction of sp³-hybridized carbons (Fsp3) is 0.150. The number of hydrogen-bond acceptors (Lipinski definition) is 10. The van der Waals surface area contributed by atoms with Crippen LogP contribution in [0.2, 0.25) is 0 Å². The van der Waals surface area contributed by atoms with Crippen LogP contribution in [0.3, 0.4) is 0 Å². The summed E-state index contributed by atoms with van der Waals surface area (Å²) in [7, 11) is 2.80. The van der Waals surface area contributed by atoms with E-state index in [1.807, 2.05) is 0 Å². The second kappa shape index (κ2) is 17.7. The van der Waals surface area contributed by atoms with Crippen molar-refractivity contribution in [3.05, 3.63) is 129 Å². The number of esters is 2. The first-order valence-electron chi connectivity index (χ1n) is 15.9. The Morgan fingerprint density at radius 1 is 0.566 bits per heavy atom. The molecule has 272 valence electrons. The summed E-state index contributed by atoms with van der Waals surface area (Å²) >= 11 is 0. The Hall–Kier alpha value is -6.33. The molecule has 0 radical (unpaired) electrons. The second-order valence-electron chi connectivity index (χ2n) is 11.3. The Labute approximate surface area is 316 Å². The number of allylic oxidation sites excluding steroid dienone is 2. The SMILES string of the molecule is COc1cccc(C=O)c1OC(=O)/C1=C(\C)[N-]c2ccccc2N=C(C)/C(C(=O)Oc2c(C=O)cccc2OC)=C(/C)[N-]c2ccccc2N=C1C.[Ni+2]. The van der Waals surface area contributed by atoms with Crippen LogP contribution in [0.15, 0.2) is 117 Å². The monoisotopic (exact) mass is 756 g/mol. The first-order valence-corrected chi connectivity index (χ1v) is 15.9. The summed E-state index contributed by atoms with van der Waals surface area (Å²) in [6.45, 7) is 6.49. The van der Waals surface area contributed by atoms with Gasteiger partial charge in [0.1, 0.15) is 0 Å². The van der Waals surface area contributed by atoms with Crippen LogP contribution in [0.4, 0.5) is 22.7 Å². The van der Waals surface area contributed by atoms with Crippen molar-refractivity contribution >= 4 is 58.7 Å². The molecule has 12 nitrogen and oxygen atoms in total. The molecule has 1 aliphatic heterocycles. The van der Waals surface area contributed by atoms with Gasteiger partial charge in [0.05, 0.1) is 47.9 Å². The van der Waals surface area contributed by atoms with E-state index in [2.05, 4.69) is 0 Å². The predicted molar refractivity (Wildman–Crippen MR) is 198 cm³/mol. The normalized spacial score (nSPS) is 15.6. The average molecular weight is 757 g/mol. The molecule has 0 atom stereocenters. The van der Waals surface area contributed by atoms with Crippen molar-refractivity contribution in [2.75, 3.05) is 14.2 Å². The van der Waals surface area contributed by atoms with E-state index >= 15 is 0 Å². The molecule has 53 heavy (non-hydrogen) atoms. The summed E-state index contributed by atoms with van der Waals surface area (Å²) in [5.41, 5.74) is 2.60. The van der Waals surface area contributed by atoms with Crippen molar-refractivity contribution in [3.8, 4) is 23.0 Å². The van der Waals surface area contributed by atoms with Crippen LogP contribution >= 0.6 is 0 Å². The molecule has 4 aromatic carbocycles. The van der Waals surface area contributed by atoms with Crippen molar-refractivity contribution in [2.24, 2.45) is 9.98 Å². The van der Waals surface area contributed by atoms with Crippen molar-refractivity contribution in [1.82, 2.24) is 0 Å². The Balaban J connectivity index is 0.00000627. The summed E-state index contributed by atoms with van der Waals surface area (Å²) in [5.74, 6) is -1.40. The minimum absolute atomic E-state index is 0. The standard InChI is InChI=1S/C40H36N4O8.Ni/c1-23-35(39(47)51-37-27(21-45)13-11-19-33(37)49-5)24(2)42-31-17-9-10-18-32(31)44-26(4)36(25(3)43-30-16-8-7-15-29(30)41-23)40(48)52-38-28(22-46)14-12-20-34(38)50-6;/h7-22H,1-6H3,(H2,41,42,43,44,47,48);/q;+2/p-2. The van der Waals surface area contributed by atoms with Crippen LogP contribution in [0, 0.1) is 0 Å². The number of methoxy groups -OCH3 is 2. The third-order valence-corrected chi connectivity index (χ3v) is 7.87. The van der Waals surface area contributed by atoms with Gasteiger partial charge in [-0.2, -0.15) is 0 Å². The molecule has 0 aliphatic carbocycles. The third-order valence-electron chi connectivity index (χ3n) is 7.87. The smallest absolute Gasteiger partial charge is 0.659 e. The number of aliphatic imine (C=N–C) groups is 2. The van der Waals surface area contributed by atoms with Crippen molar-refractivity contribution in [3.63, 3.8) is 0 Å². The van der Waals surface area contributed by atoms with E-state index in [1.54, 1.807) is 100 Å². The Morgan fingerprint density at radius 3 is 1.30 bits per heavy atom. The fourth-order valence-electron chi connectivity index (χ4n) is 5.45. The number of hydrogen-bond donors (Lipinski definition) is 0. The molecule has 1 aliphatic rings. The number of rotatable bonds is 8.